The molecule has 0 aliphatic heterocycles. The van der Waals surface area contributed by atoms with Crippen LogP contribution in [-0.4, -0.2) is 41.6 Å². The highest BCUT2D eigenvalue weighted by Gasteiger charge is 2.11. The standard InChI is InChI=1S/C8H14N4O5S/c1-11(8(9)14)6-5-7(13)12(10-6)3-2-4-18(15,16)17/h5,10H,2-4H2,1H3,(H2,9,14)(H,15,16,17). The molecule has 0 aliphatic rings. The lowest BCUT2D eigenvalue weighted by molar-refractivity contribution is 0.255. The second-order valence-electron chi connectivity index (χ2n) is 3.67. The molecule has 0 bridgehead atoms. The number of H-pyrrole nitrogens is 1. The van der Waals surface area contributed by atoms with Crippen LogP contribution >= 0.6 is 0 Å². The van der Waals surface area contributed by atoms with Gasteiger partial charge < -0.3 is 5.73 Å². The van der Waals surface area contributed by atoms with Crippen molar-refractivity contribution in [3.63, 3.8) is 0 Å². The van der Waals surface area contributed by atoms with Crippen molar-refractivity contribution in [1.29, 1.82) is 0 Å². The Morgan fingerprint density at radius 1 is 1.61 bits per heavy atom. The maximum atomic E-state index is 11.5. The minimum atomic E-state index is -4.04. The van der Waals surface area contributed by atoms with Gasteiger partial charge in [0.1, 0.15) is 5.82 Å². The smallest absolute Gasteiger partial charge is 0.320 e. The Labute approximate surface area is 103 Å². The monoisotopic (exact) mass is 278 g/mol. The van der Waals surface area contributed by atoms with Crippen molar-refractivity contribution in [3.8, 4) is 0 Å². The highest BCUT2D eigenvalue weighted by atomic mass is 32.2. The van der Waals surface area contributed by atoms with Crippen LogP contribution in [0.25, 0.3) is 0 Å². The number of primary amides is 1. The fourth-order valence-corrected chi connectivity index (χ4v) is 1.78. The van der Waals surface area contributed by atoms with Crippen molar-refractivity contribution >= 4 is 22.0 Å². The summed E-state index contributed by atoms with van der Waals surface area (Å²) in [5.41, 5.74) is 4.61. The van der Waals surface area contributed by atoms with Gasteiger partial charge in [-0.15, -0.1) is 0 Å². The van der Waals surface area contributed by atoms with Crippen molar-refractivity contribution in [2.45, 2.75) is 13.0 Å². The number of nitrogens with two attached hydrogens (primary N) is 1. The molecule has 1 aromatic rings. The van der Waals surface area contributed by atoms with Gasteiger partial charge in [-0.05, 0) is 6.42 Å². The van der Waals surface area contributed by atoms with Crippen molar-refractivity contribution in [2.75, 3.05) is 17.7 Å². The van der Waals surface area contributed by atoms with E-state index in [4.69, 9.17) is 10.3 Å². The molecule has 10 heteroatoms. The van der Waals surface area contributed by atoms with E-state index in [2.05, 4.69) is 5.10 Å². The van der Waals surface area contributed by atoms with E-state index in [1.54, 1.807) is 0 Å². The van der Waals surface area contributed by atoms with E-state index in [1.165, 1.54) is 7.05 Å². The molecule has 2 amide bonds. The lowest BCUT2D eigenvalue weighted by Crippen LogP contribution is -2.32. The van der Waals surface area contributed by atoms with Crippen molar-refractivity contribution in [1.82, 2.24) is 9.78 Å². The summed E-state index contributed by atoms with van der Waals surface area (Å²) in [6, 6.07) is 0.430. The van der Waals surface area contributed by atoms with Gasteiger partial charge in [0.15, 0.2) is 0 Å². The van der Waals surface area contributed by atoms with Crippen LogP contribution in [0.3, 0.4) is 0 Å². The number of urea groups is 1. The van der Waals surface area contributed by atoms with Crippen molar-refractivity contribution in [2.24, 2.45) is 5.73 Å². The van der Waals surface area contributed by atoms with Gasteiger partial charge in [-0.25, -0.2) is 4.79 Å². The Bertz CT molecular complexity index is 587. The molecule has 1 heterocycles. The molecule has 0 saturated heterocycles. The number of aryl methyl sites for hydroxylation is 1. The molecule has 102 valence electrons. The maximum absolute atomic E-state index is 11.5. The summed E-state index contributed by atoms with van der Waals surface area (Å²) in [6.07, 6.45) is 0.0684. The average Bonchev–Trinajstić information content (AvgIpc) is 2.57. The van der Waals surface area contributed by atoms with E-state index in [1.807, 2.05) is 0 Å². The van der Waals surface area contributed by atoms with Crippen molar-refractivity contribution < 1.29 is 17.8 Å². The number of rotatable bonds is 5. The molecule has 1 rings (SSSR count). The number of amides is 2. The number of hydrogen-bond acceptors (Lipinski definition) is 4. The second-order valence-corrected chi connectivity index (χ2v) is 5.24. The fourth-order valence-electron chi connectivity index (χ4n) is 1.28. The first-order chi connectivity index (χ1) is 8.20. The van der Waals surface area contributed by atoms with Crippen LogP contribution in [0, 0.1) is 0 Å². The van der Waals surface area contributed by atoms with Crippen LogP contribution in [0.4, 0.5) is 10.6 Å². The normalized spacial score (nSPS) is 11.4. The quantitative estimate of drug-likeness (QED) is 0.591. The molecule has 0 fully saturated rings. The summed E-state index contributed by atoms with van der Waals surface area (Å²) in [4.78, 5) is 23.4. The number of nitrogens with zero attached hydrogens (tertiary/aromatic N) is 2. The molecule has 0 saturated carbocycles. The molecule has 9 nitrogen and oxygen atoms in total. The molecule has 0 aliphatic carbocycles. The van der Waals surface area contributed by atoms with Gasteiger partial charge in [0.25, 0.3) is 15.7 Å². The molecule has 0 radical (unpaired) electrons. The van der Waals surface area contributed by atoms with Gasteiger partial charge in [-0.2, -0.15) is 8.42 Å². The summed E-state index contributed by atoms with van der Waals surface area (Å²) in [7, 11) is -2.66. The summed E-state index contributed by atoms with van der Waals surface area (Å²) in [5, 5.41) is 2.60. The summed E-state index contributed by atoms with van der Waals surface area (Å²) in [5.74, 6) is -0.237. The van der Waals surface area contributed by atoms with E-state index >= 15 is 0 Å². The molecule has 4 N–H and O–H groups in total. The zero-order valence-electron chi connectivity index (χ0n) is 9.66. The van der Waals surface area contributed by atoms with Gasteiger partial charge in [-0.3, -0.25) is 24.0 Å². The molecule has 0 spiro atoms. The Balaban J connectivity index is 2.74. The van der Waals surface area contributed by atoms with Crippen LogP contribution in [0.2, 0.25) is 0 Å². The Hall–Kier alpha value is -1.81. The predicted octanol–water partition coefficient (Wildman–Crippen LogP) is -1.03. The third kappa shape index (κ3) is 3.89. The highest BCUT2D eigenvalue weighted by Crippen LogP contribution is 2.04. The first-order valence-electron chi connectivity index (χ1n) is 4.99. The zero-order valence-corrected chi connectivity index (χ0v) is 10.5. The van der Waals surface area contributed by atoms with E-state index in [-0.39, 0.29) is 18.8 Å². The first kappa shape index (κ1) is 14.3. The SMILES string of the molecule is CN(C(N)=O)c1cc(=O)n(CCCS(=O)(=O)O)[nH]1. The minimum absolute atomic E-state index is 0.0684. The predicted molar refractivity (Wildman–Crippen MR) is 64.1 cm³/mol. The van der Waals surface area contributed by atoms with Gasteiger partial charge in [-0.1, -0.05) is 0 Å². The van der Waals surface area contributed by atoms with E-state index in [0.29, 0.717) is 0 Å². The lowest BCUT2D eigenvalue weighted by atomic mass is 10.5. The number of aromatic nitrogens is 2. The van der Waals surface area contributed by atoms with Gasteiger partial charge in [0, 0.05) is 19.7 Å². The van der Waals surface area contributed by atoms with Crippen molar-refractivity contribution in [3.05, 3.63) is 16.4 Å². The molecule has 18 heavy (non-hydrogen) atoms. The average molecular weight is 278 g/mol. The lowest BCUT2D eigenvalue weighted by Gasteiger charge is -2.10. The number of aromatic amines is 1. The number of nitrogens with one attached hydrogen (secondary N) is 1. The summed E-state index contributed by atoms with van der Waals surface area (Å²) in [6.45, 7) is 0.0746. The molecule has 0 unspecified atom stereocenters. The number of carbonyl (C=O) groups is 1. The molecule has 0 atom stereocenters. The zero-order chi connectivity index (χ0) is 13.9. The van der Waals surface area contributed by atoms with E-state index < -0.39 is 27.5 Å². The van der Waals surface area contributed by atoms with Crippen LogP contribution in [0.5, 0.6) is 0 Å². The summed E-state index contributed by atoms with van der Waals surface area (Å²) < 4.78 is 30.7. The van der Waals surface area contributed by atoms with Crippen LogP contribution in [0.1, 0.15) is 6.42 Å². The first-order valence-corrected chi connectivity index (χ1v) is 6.60. The molecular formula is C8H14N4O5S. The number of hydrogen-bond donors (Lipinski definition) is 3. The highest BCUT2D eigenvalue weighted by molar-refractivity contribution is 7.85. The second kappa shape index (κ2) is 5.23. The van der Waals surface area contributed by atoms with Gasteiger partial charge >= 0.3 is 6.03 Å². The third-order valence-electron chi connectivity index (χ3n) is 2.25. The Kier molecular flexibility index (Phi) is 4.14. The fraction of sp³-hybridized carbons (Fsp3) is 0.500. The Morgan fingerprint density at radius 3 is 2.72 bits per heavy atom. The topological polar surface area (TPSA) is 138 Å². The van der Waals surface area contributed by atoms with Crippen LogP contribution in [-0.2, 0) is 16.7 Å². The summed E-state index contributed by atoms with van der Waals surface area (Å²) >= 11 is 0. The molecular weight excluding hydrogens is 264 g/mol. The third-order valence-corrected chi connectivity index (χ3v) is 3.06. The minimum Gasteiger partial charge on any atom is -0.351 e. The molecule has 0 aromatic carbocycles. The van der Waals surface area contributed by atoms with Gasteiger partial charge in [0.2, 0.25) is 0 Å². The van der Waals surface area contributed by atoms with E-state index in [0.717, 1.165) is 15.6 Å². The Morgan fingerprint density at radius 2 is 2.22 bits per heavy atom. The van der Waals surface area contributed by atoms with Crippen LogP contribution in [0.15, 0.2) is 10.9 Å². The largest absolute Gasteiger partial charge is 0.351 e. The number of carbonyl (C=O) groups excluding carboxylic acids is 1. The van der Waals surface area contributed by atoms with Crippen LogP contribution < -0.4 is 16.2 Å². The molecule has 1 aromatic heterocycles. The van der Waals surface area contributed by atoms with E-state index in [9.17, 15) is 18.0 Å². The maximum Gasteiger partial charge on any atom is 0.320 e. The van der Waals surface area contributed by atoms with Gasteiger partial charge in [0.05, 0.1) is 5.75 Å². The number of anilines is 1.